The lowest BCUT2D eigenvalue weighted by atomic mass is 10.1. The second-order valence-corrected chi connectivity index (χ2v) is 5.38. The van der Waals surface area contributed by atoms with Crippen molar-refractivity contribution in [1.29, 1.82) is 0 Å². The van der Waals surface area contributed by atoms with Gasteiger partial charge in [0.15, 0.2) is 0 Å². The van der Waals surface area contributed by atoms with Crippen molar-refractivity contribution in [2.45, 2.75) is 17.9 Å². The van der Waals surface area contributed by atoms with Crippen LogP contribution in [0, 0.1) is 12.7 Å². The molecule has 0 fully saturated rings. The predicted molar refractivity (Wildman–Crippen MR) is 75.2 cm³/mol. The van der Waals surface area contributed by atoms with Gasteiger partial charge in [-0.1, -0.05) is 29.8 Å². The highest BCUT2D eigenvalue weighted by Crippen LogP contribution is 2.23. The molecule has 1 atom stereocenters. The zero-order valence-corrected chi connectivity index (χ0v) is 11.1. The summed E-state index contributed by atoms with van der Waals surface area (Å²) < 4.78 is 13.1. The van der Waals surface area contributed by atoms with Crippen molar-refractivity contribution >= 4 is 11.8 Å². The summed E-state index contributed by atoms with van der Waals surface area (Å²) >= 11 is 1.69. The van der Waals surface area contributed by atoms with E-state index < -0.39 is 0 Å². The van der Waals surface area contributed by atoms with Crippen LogP contribution in [0.4, 0.5) is 4.39 Å². The molecule has 0 radical (unpaired) electrons. The number of aryl methyl sites for hydroxylation is 1. The highest BCUT2D eigenvalue weighted by Gasteiger charge is 2.07. The first-order valence-corrected chi connectivity index (χ1v) is 6.84. The van der Waals surface area contributed by atoms with E-state index in [2.05, 4.69) is 31.2 Å². The maximum absolute atomic E-state index is 13.1. The third-order valence-electron chi connectivity index (χ3n) is 2.73. The Morgan fingerprint density at radius 2 is 1.89 bits per heavy atom. The standard InChI is InChI=1S/C15H16FNS/c1-11-5-7-14(8-6-11)18-10-15(17)12-3-2-4-13(16)9-12/h2-9,15H,10,17H2,1H3. The number of nitrogens with two attached hydrogens (primary N) is 1. The van der Waals surface area contributed by atoms with Crippen LogP contribution < -0.4 is 5.73 Å². The molecule has 0 aliphatic carbocycles. The van der Waals surface area contributed by atoms with E-state index in [0.717, 1.165) is 11.3 Å². The van der Waals surface area contributed by atoms with E-state index in [4.69, 9.17) is 5.73 Å². The molecule has 0 aliphatic rings. The Morgan fingerprint density at radius 1 is 1.17 bits per heavy atom. The van der Waals surface area contributed by atoms with Crippen molar-refractivity contribution in [3.05, 3.63) is 65.5 Å². The van der Waals surface area contributed by atoms with Crippen LogP contribution in [0.25, 0.3) is 0 Å². The molecule has 2 aromatic rings. The lowest BCUT2D eigenvalue weighted by molar-refractivity contribution is 0.622. The molecule has 2 rings (SSSR count). The van der Waals surface area contributed by atoms with Crippen LogP contribution in [0.2, 0.25) is 0 Å². The molecule has 0 aliphatic heterocycles. The number of halogens is 1. The average molecular weight is 261 g/mol. The zero-order chi connectivity index (χ0) is 13.0. The van der Waals surface area contributed by atoms with Crippen molar-refractivity contribution in [3.63, 3.8) is 0 Å². The van der Waals surface area contributed by atoms with E-state index in [1.165, 1.54) is 22.6 Å². The third-order valence-corrected chi connectivity index (χ3v) is 3.86. The summed E-state index contributed by atoms with van der Waals surface area (Å²) in [5.41, 5.74) is 8.14. The molecule has 0 bridgehead atoms. The van der Waals surface area contributed by atoms with Crippen LogP contribution in [-0.4, -0.2) is 5.75 Å². The Morgan fingerprint density at radius 3 is 2.56 bits per heavy atom. The van der Waals surface area contributed by atoms with Gasteiger partial charge in [0.1, 0.15) is 5.82 Å². The molecule has 0 amide bonds. The second-order valence-electron chi connectivity index (χ2n) is 4.29. The van der Waals surface area contributed by atoms with Gasteiger partial charge in [-0.15, -0.1) is 11.8 Å². The molecule has 0 aromatic heterocycles. The summed E-state index contributed by atoms with van der Waals surface area (Å²) in [5, 5.41) is 0. The van der Waals surface area contributed by atoms with Gasteiger partial charge in [-0.25, -0.2) is 4.39 Å². The van der Waals surface area contributed by atoms with Crippen molar-refractivity contribution in [2.24, 2.45) is 5.73 Å². The van der Waals surface area contributed by atoms with Crippen molar-refractivity contribution in [2.75, 3.05) is 5.75 Å². The fourth-order valence-electron chi connectivity index (χ4n) is 1.65. The Balaban J connectivity index is 1.96. The van der Waals surface area contributed by atoms with Gasteiger partial charge in [0, 0.05) is 16.7 Å². The Hall–Kier alpha value is -1.32. The fraction of sp³-hybridized carbons (Fsp3) is 0.200. The molecule has 0 saturated carbocycles. The molecular formula is C15H16FNS. The predicted octanol–water partition coefficient (Wildman–Crippen LogP) is 3.93. The van der Waals surface area contributed by atoms with Gasteiger partial charge >= 0.3 is 0 Å². The smallest absolute Gasteiger partial charge is 0.123 e. The number of benzene rings is 2. The minimum absolute atomic E-state index is 0.146. The largest absolute Gasteiger partial charge is 0.323 e. The van der Waals surface area contributed by atoms with Gasteiger partial charge in [0.05, 0.1) is 0 Å². The molecule has 3 heteroatoms. The monoisotopic (exact) mass is 261 g/mol. The molecule has 0 heterocycles. The normalized spacial score (nSPS) is 12.4. The first-order valence-electron chi connectivity index (χ1n) is 5.85. The highest BCUT2D eigenvalue weighted by atomic mass is 32.2. The van der Waals surface area contributed by atoms with E-state index in [1.54, 1.807) is 17.8 Å². The average Bonchev–Trinajstić information content (AvgIpc) is 2.38. The number of thioether (sulfide) groups is 1. The molecule has 0 spiro atoms. The third kappa shape index (κ3) is 3.59. The Kier molecular flexibility index (Phi) is 4.39. The van der Waals surface area contributed by atoms with Gasteiger partial charge in [0.25, 0.3) is 0 Å². The molecule has 2 aromatic carbocycles. The molecule has 1 unspecified atom stereocenters. The molecule has 1 nitrogen and oxygen atoms in total. The van der Waals surface area contributed by atoms with E-state index in [-0.39, 0.29) is 11.9 Å². The molecule has 0 saturated heterocycles. The number of hydrogen-bond acceptors (Lipinski definition) is 2. The minimum atomic E-state index is -0.233. The maximum Gasteiger partial charge on any atom is 0.123 e. The van der Waals surface area contributed by atoms with Crippen molar-refractivity contribution < 1.29 is 4.39 Å². The Bertz CT molecular complexity index is 510. The zero-order valence-electron chi connectivity index (χ0n) is 10.3. The van der Waals surface area contributed by atoms with Crippen LogP contribution in [0.5, 0.6) is 0 Å². The minimum Gasteiger partial charge on any atom is -0.323 e. The second kappa shape index (κ2) is 6.03. The summed E-state index contributed by atoms with van der Waals surface area (Å²) in [7, 11) is 0. The van der Waals surface area contributed by atoms with Gasteiger partial charge in [-0.3, -0.25) is 0 Å². The quantitative estimate of drug-likeness (QED) is 0.844. The summed E-state index contributed by atoms with van der Waals surface area (Å²) in [6.07, 6.45) is 0. The summed E-state index contributed by atoms with van der Waals surface area (Å²) in [5.74, 6) is 0.510. The highest BCUT2D eigenvalue weighted by molar-refractivity contribution is 7.99. The number of hydrogen-bond donors (Lipinski definition) is 1. The van der Waals surface area contributed by atoms with Gasteiger partial charge in [0.2, 0.25) is 0 Å². The molecule has 2 N–H and O–H groups in total. The van der Waals surface area contributed by atoms with Gasteiger partial charge in [-0.05, 0) is 36.8 Å². The lowest BCUT2D eigenvalue weighted by Crippen LogP contribution is -2.13. The van der Waals surface area contributed by atoms with Crippen LogP contribution in [0.3, 0.4) is 0 Å². The van der Waals surface area contributed by atoms with E-state index in [9.17, 15) is 4.39 Å². The first-order chi connectivity index (χ1) is 8.65. The molecule has 18 heavy (non-hydrogen) atoms. The number of rotatable bonds is 4. The van der Waals surface area contributed by atoms with Crippen molar-refractivity contribution in [3.8, 4) is 0 Å². The van der Waals surface area contributed by atoms with E-state index in [1.807, 2.05) is 6.07 Å². The topological polar surface area (TPSA) is 26.0 Å². The van der Waals surface area contributed by atoms with Gasteiger partial charge in [-0.2, -0.15) is 0 Å². The van der Waals surface area contributed by atoms with Crippen LogP contribution >= 0.6 is 11.8 Å². The van der Waals surface area contributed by atoms with E-state index >= 15 is 0 Å². The van der Waals surface area contributed by atoms with Crippen LogP contribution in [0.1, 0.15) is 17.2 Å². The SMILES string of the molecule is Cc1ccc(SCC(N)c2cccc(F)c2)cc1. The van der Waals surface area contributed by atoms with Gasteiger partial charge < -0.3 is 5.73 Å². The first kappa shape index (κ1) is 13.1. The summed E-state index contributed by atoms with van der Waals surface area (Å²) in [6, 6.07) is 14.7. The van der Waals surface area contributed by atoms with Crippen LogP contribution in [0.15, 0.2) is 53.4 Å². The molecule has 94 valence electrons. The van der Waals surface area contributed by atoms with Crippen molar-refractivity contribution in [1.82, 2.24) is 0 Å². The fourth-order valence-corrected chi connectivity index (χ4v) is 2.55. The summed E-state index contributed by atoms with van der Waals surface area (Å²) in [6.45, 7) is 2.06. The molecular weight excluding hydrogens is 245 g/mol. The summed E-state index contributed by atoms with van der Waals surface area (Å²) in [4.78, 5) is 1.19. The van der Waals surface area contributed by atoms with E-state index in [0.29, 0.717) is 0 Å². The maximum atomic E-state index is 13.1. The lowest BCUT2D eigenvalue weighted by Gasteiger charge is -2.11. The Labute approximate surface area is 111 Å². The van der Waals surface area contributed by atoms with Crippen LogP contribution in [-0.2, 0) is 0 Å².